The Balaban J connectivity index is 2.04. The SMILES string of the molecule is CC(=O)OC(=O)N1C2CCC1CC(N)C2. The number of fused-ring (bicyclic) bond motifs is 2. The van der Waals surface area contributed by atoms with Gasteiger partial charge < -0.3 is 15.4 Å². The van der Waals surface area contributed by atoms with E-state index >= 15 is 0 Å². The van der Waals surface area contributed by atoms with E-state index in [1.165, 1.54) is 6.92 Å². The van der Waals surface area contributed by atoms with Gasteiger partial charge in [0.25, 0.3) is 0 Å². The maximum absolute atomic E-state index is 11.6. The van der Waals surface area contributed by atoms with Crippen molar-refractivity contribution in [1.82, 2.24) is 4.90 Å². The molecule has 0 aromatic heterocycles. The number of nitrogens with zero attached hydrogens (tertiary/aromatic N) is 1. The molecule has 2 aliphatic rings. The summed E-state index contributed by atoms with van der Waals surface area (Å²) in [5.41, 5.74) is 5.87. The molecule has 0 saturated carbocycles. The van der Waals surface area contributed by atoms with Gasteiger partial charge in [0.2, 0.25) is 0 Å². The van der Waals surface area contributed by atoms with E-state index in [1.54, 1.807) is 4.90 Å². The van der Waals surface area contributed by atoms with Crippen molar-refractivity contribution in [3.63, 3.8) is 0 Å². The summed E-state index contributed by atoms with van der Waals surface area (Å²) in [6.45, 7) is 1.25. The van der Waals surface area contributed by atoms with Crippen LogP contribution >= 0.6 is 0 Å². The molecule has 2 N–H and O–H groups in total. The molecule has 84 valence electrons. The van der Waals surface area contributed by atoms with E-state index in [0.29, 0.717) is 0 Å². The fraction of sp³-hybridized carbons (Fsp3) is 0.800. The van der Waals surface area contributed by atoms with E-state index in [2.05, 4.69) is 4.74 Å². The number of carbonyl (C=O) groups is 2. The average molecular weight is 212 g/mol. The maximum Gasteiger partial charge on any atom is 0.418 e. The first-order chi connectivity index (χ1) is 7.08. The lowest BCUT2D eigenvalue weighted by Crippen LogP contribution is -2.50. The quantitative estimate of drug-likeness (QED) is 0.472. The summed E-state index contributed by atoms with van der Waals surface area (Å²) in [6, 6.07) is 0.528. The molecule has 1 amide bonds. The third-order valence-corrected chi connectivity index (χ3v) is 3.21. The number of hydrogen-bond donors (Lipinski definition) is 1. The van der Waals surface area contributed by atoms with Crippen molar-refractivity contribution in [1.29, 1.82) is 0 Å². The molecule has 2 saturated heterocycles. The van der Waals surface area contributed by atoms with Crippen molar-refractivity contribution < 1.29 is 14.3 Å². The van der Waals surface area contributed by atoms with E-state index < -0.39 is 12.1 Å². The molecule has 0 aliphatic carbocycles. The molecule has 0 spiro atoms. The Bertz CT molecular complexity index is 278. The Morgan fingerprint density at radius 1 is 1.27 bits per heavy atom. The Morgan fingerprint density at radius 3 is 2.27 bits per heavy atom. The lowest BCUT2D eigenvalue weighted by Gasteiger charge is -2.36. The van der Waals surface area contributed by atoms with Gasteiger partial charge in [0.05, 0.1) is 0 Å². The van der Waals surface area contributed by atoms with Crippen LogP contribution in [0, 0.1) is 0 Å². The molecule has 2 heterocycles. The molecule has 2 rings (SSSR count). The molecule has 0 aromatic rings. The van der Waals surface area contributed by atoms with Gasteiger partial charge in [-0.1, -0.05) is 0 Å². The Labute approximate surface area is 88.5 Å². The summed E-state index contributed by atoms with van der Waals surface area (Å²) in [5, 5.41) is 0. The van der Waals surface area contributed by atoms with Crippen LogP contribution < -0.4 is 5.73 Å². The molecular formula is C10H16N2O3. The second kappa shape index (κ2) is 3.81. The Morgan fingerprint density at radius 2 is 1.80 bits per heavy atom. The van der Waals surface area contributed by atoms with Crippen molar-refractivity contribution in [3.05, 3.63) is 0 Å². The third kappa shape index (κ3) is 1.97. The van der Waals surface area contributed by atoms with Crippen molar-refractivity contribution in [2.24, 2.45) is 5.73 Å². The highest BCUT2D eigenvalue weighted by molar-refractivity contribution is 5.83. The van der Waals surface area contributed by atoms with E-state index in [9.17, 15) is 9.59 Å². The zero-order valence-corrected chi connectivity index (χ0v) is 8.81. The van der Waals surface area contributed by atoms with Gasteiger partial charge in [0.1, 0.15) is 0 Å². The number of rotatable bonds is 0. The number of hydrogen-bond acceptors (Lipinski definition) is 4. The van der Waals surface area contributed by atoms with E-state index in [0.717, 1.165) is 25.7 Å². The second-order valence-electron chi connectivity index (χ2n) is 4.38. The minimum Gasteiger partial charge on any atom is -0.376 e. The van der Waals surface area contributed by atoms with Gasteiger partial charge in [-0.2, -0.15) is 0 Å². The summed E-state index contributed by atoms with van der Waals surface area (Å²) in [6.07, 6.45) is 3.10. The molecule has 2 atom stereocenters. The first kappa shape index (κ1) is 10.4. The van der Waals surface area contributed by atoms with Crippen molar-refractivity contribution >= 4 is 12.1 Å². The molecule has 0 aromatic carbocycles. The van der Waals surface area contributed by atoms with Crippen LogP contribution in [0.25, 0.3) is 0 Å². The number of carbonyl (C=O) groups excluding carboxylic acids is 2. The minimum absolute atomic E-state index is 0.172. The summed E-state index contributed by atoms with van der Waals surface area (Å²) in [4.78, 5) is 24.0. The zero-order valence-electron chi connectivity index (χ0n) is 8.81. The number of piperidine rings is 1. The predicted octanol–water partition coefficient (Wildman–Crippen LogP) is 0.624. The largest absolute Gasteiger partial charge is 0.418 e. The number of nitrogens with two attached hydrogens (primary N) is 1. The van der Waals surface area contributed by atoms with Gasteiger partial charge in [-0.25, -0.2) is 4.79 Å². The zero-order chi connectivity index (χ0) is 11.0. The predicted molar refractivity (Wildman–Crippen MR) is 53.0 cm³/mol. The summed E-state index contributed by atoms with van der Waals surface area (Å²) >= 11 is 0. The second-order valence-corrected chi connectivity index (χ2v) is 4.38. The van der Waals surface area contributed by atoms with Crippen molar-refractivity contribution in [2.75, 3.05) is 0 Å². The molecule has 2 bridgehead atoms. The van der Waals surface area contributed by atoms with Crippen LogP contribution in [0.2, 0.25) is 0 Å². The normalized spacial score (nSPS) is 34.0. The lowest BCUT2D eigenvalue weighted by molar-refractivity contribution is -0.136. The van der Waals surface area contributed by atoms with Crippen LogP contribution in [-0.2, 0) is 9.53 Å². The number of esters is 1. The molecule has 2 aliphatic heterocycles. The first-order valence-corrected chi connectivity index (χ1v) is 5.34. The highest BCUT2D eigenvalue weighted by atomic mass is 16.6. The highest BCUT2D eigenvalue weighted by Crippen LogP contribution is 2.35. The number of amides is 1. The highest BCUT2D eigenvalue weighted by Gasteiger charge is 2.43. The smallest absolute Gasteiger partial charge is 0.376 e. The average Bonchev–Trinajstić information content (AvgIpc) is 2.38. The van der Waals surface area contributed by atoms with Crippen LogP contribution in [0.15, 0.2) is 0 Å². The minimum atomic E-state index is -0.547. The van der Waals surface area contributed by atoms with Crippen molar-refractivity contribution in [3.8, 4) is 0 Å². The van der Waals surface area contributed by atoms with Gasteiger partial charge in [-0.3, -0.25) is 4.79 Å². The monoisotopic (exact) mass is 212 g/mol. The standard InChI is InChI=1S/C10H16N2O3/c1-6(13)15-10(14)12-8-2-3-9(12)5-7(11)4-8/h7-9H,2-5,11H2,1H3. The van der Waals surface area contributed by atoms with Gasteiger partial charge >= 0.3 is 12.1 Å². The molecule has 5 nitrogen and oxygen atoms in total. The van der Waals surface area contributed by atoms with E-state index in [1.807, 2.05) is 0 Å². The summed E-state index contributed by atoms with van der Waals surface area (Å²) in [5.74, 6) is -0.547. The Hall–Kier alpha value is -1.10. The first-order valence-electron chi connectivity index (χ1n) is 5.34. The van der Waals surface area contributed by atoms with E-state index in [4.69, 9.17) is 5.73 Å². The van der Waals surface area contributed by atoms with Crippen LogP contribution in [0.1, 0.15) is 32.6 Å². The van der Waals surface area contributed by atoms with Crippen LogP contribution in [-0.4, -0.2) is 35.1 Å². The van der Waals surface area contributed by atoms with Crippen LogP contribution in [0.3, 0.4) is 0 Å². The van der Waals surface area contributed by atoms with Crippen LogP contribution in [0.4, 0.5) is 4.79 Å². The van der Waals surface area contributed by atoms with Gasteiger partial charge in [-0.05, 0) is 25.7 Å². The molecule has 0 radical (unpaired) electrons. The molecular weight excluding hydrogens is 196 g/mol. The Kier molecular flexibility index (Phi) is 2.65. The van der Waals surface area contributed by atoms with Gasteiger partial charge in [-0.15, -0.1) is 0 Å². The maximum atomic E-state index is 11.6. The molecule has 15 heavy (non-hydrogen) atoms. The summed E-state index contributed by atoms with van der Waals surface area (Å²) < 4.78 is 4.61. The molecule has 2 unspecified atom stereocenters. The lowest BCUT2D eigenvalue weighted by atomic mass is 9.99. The van der Waals surface area contributed by atoms with Crippen LogP contribution in [0.5, 0.6) is 0 Å². The fourth-order valence-electron chi connectivity index (χ4n) is 2.69. The van der Waals surface area contributed by atoms with Gasteiger partial charge in [0.15, 0.2) is 0 Å². The molecule has 5 heteroatoms. The number of ether oxygens (including phenoxy) is 1. The molecule has 2 fully saturated rings. The van der Waals surface area contributed by atoms with E-state index in [-0.39, 0.29) is 18.1 Å². The van der Waals surface area contributed by atoms with Gasteiger partial charge in [0, 0.05) is 25.0 Å². The topological polar surface area (TPSA) is 72.6 Å². The van der Waals surface area contributed by atoms with Crippen molar-refractivity contribution in [2.45, 2.75) is 50.7 Å². The fourth-order valence-corrected chi connectivity index (χ4v) is 2.69. The summed E-state index contributed by atoms with van der Waals surface area (Å²) in [7, 11) is 0. The third-order valence-electron chi connectivity index (χ3n) is 3.21.